The van der Waals surface area contributed by atoms with Gasteiger partial charge in [0.15, 0.2) is 0 Å². The molecule has 26 heavy (non-hydrogen) atoms. The van der Waals surface area contributed by atoms with Gasteiger partial charge in [-0.1, -0.05) is 72.9 Å². The minimum atomic E-state index is -0.572. The third-order valence-electron chi connectivity index (χ3n) is 3.71. The minimum absolute atomic E-state index is 0.0235. The first-order valence-electron chi connectivity index (χ1n) is 8.66. The second kappa shape index (κ2) is 8.81. The first kappa shape index (κ1) is 19.9. The van der Waals surface area contributed by atoms with Gasteiger partial charge in [-0.05, 0) is 38.8 Å². The first-order chi connectivity index (χ1) is 12.3. The molecule has 0 aliphatic rings. The number of thiocarbonyl (C=S) groups is 1. The van der Waals surface area contributed by atoms with Gasteiger partial charge in [-0.25, -0.2) is 4.79 Å². The predicted octanol–water partition coefficient (Wildman–Crippen LogP) is 4.93. The van der Waals surface area contributed by atoms with Crippen LogP contribution in [0, 0.1) is 0 Å². The number of amides is 1. The van der Waals surface area contributed by atoms with Crippen LogP contribution in [0.5, 0.6) is 0 Å². The maximum atomic E-state index is 12.3. The lowest BCUT2D eigenvalue weighted by atomic mass is 10.0. The molecule has 0 saturated heterocycles. The van der Waals surface area contributed by atoms with Crippen LogP contribution in [0.1, 0.15) is 50.9 Å². The van der Waals surface area contributed by atoms with Crippen LogP contribution in [0.25, 0.3) is 0 Å². The van der Waals surface area contributed by atoms with Gasteiger partial charge in [0.25, 0.3) is 0 Å². The molecule has 2 aromatic carbocycles. The smallest absolute Gasteiger partial charge is 0.408 e. The molecule has 4 nitrogen and oxygen atoms in total. The summed E-state index contributed by atoms with van der Waals surface area (Å²) in [5.74, 6) is 0. The van der Waals surface area contributed by atoms with E-state index in [1.165, 1.54) is 0 Å². The molecule has 0 aliphatic carbocycles. The molecule has 2 aromatic rings. The normalized spacial score (nSPS) is 13.4. The fourth-order valence-corrected chi connectivity index (χ4v) is 2.86. The van der Waals surface area contributed by atoms with Crippen LogP contribution in [0.3, 0.4) is 0 Å². The molecule has 0 heterocycles. The number of carbonyl (C=O) groups excluding carboxylic acids is 1. The molecule has 0 saturated carbocycles. The Morgan fingerprint density at radius 3 is 1.92 bits per heavy atom. The lowest BCUT2D eigenvalue weighted by molar-refractivity contribution is 0.0517. The van der Waals surface area contributed by atoms with Gasteiger partial charge < -0.3 is 15.4 Å². The zero-order valence-electron chi connectivity index (χ0n) is 15.7. The highest BCUT2D eigenvalue weighted by Gasteiger charge is 2.24. The molecule has 5 heteroatoms. The van der Waals surface area contributed by atoms with Crippen LogP contribution < -0.4 is 10.6 Å². The molecule has 0 spiro atoms. The molecule has 0 aromatic heterocycles. The Morgan fingerprint density at radius 2 is 1.42 bits per heavy atom. The van der Waals surface area contributed by atoms with Crippen molar-refractivity contribution < 1.29 is 9.53 Å². The van der Waals surface area contributed by atoms with Gasteiger partial charge in [0.2, 0.25) is 0 Å². The summed E-state index contributed by atoms with van der Waals surface area (Å²) in [6.45, 7) is 7.53. The number of alkyl carbamates (subject to hydrolysis) is 1. The van der Waals surface area contributed by atoms with Crippen LogP contribution in [0.15, 0.2) is 60.7 Å². The van der Waals surface area contributed by atoms with E-state index in [1.54, 1.807) is 0 Å². The average molecular weight is 371 g/mol. The van der Waals surface area contributed by atoms with Gasteiger partial charge in [0.05, 0.1) is 0 Å². The SMILES string of the molecule is C[C@H](NC(=S)[C@@H](NC(=O)OC(C)(C)C)c1ccccc1)c1ccccc1. The third kappa shape index (κ3) is 6.15. The van der Waals surface area contributed by atoms with E-state index < -0.39 is 17.7 Å². The van der Waals surface area contributed by atoms with E-state index in [1.807, 2.05) is 88.4 Å². The number of carbonyl (C=O) groups is 1. The lowest BCUT2D eigenvalue weighted by Crippen LogP contribution is -2.42. The highest BCUT2D eigenvalue weighted by atomic mass is 32.1. The lowest BCUT2D eigenvalue weighted by Gasteiger charge is -2.26. The van der Waals surface area contributed by atoms with Crippen LogP contribution >= 0.6 is 12.2 Å². The van der Waals surface area contributed by atoms with Gasteiger partial charge in [-0.15, -0.1) is 0 Å². The summed E-state index contributed by atoms with van der Waals surface area (Å²) in [4.78, 5) is 12.8. The fourth-order valence-electron chi connectivity index (χ4n) is 2.49. The Morgan fingerprint density at radius 1 is 0.923 bits per heavy atom. The number of hydrogen-bond acceptors (Lipinski definition) is 3. The molecule has 138 valence electrons. The summed E-state index contributed by atoms with van der Waals surface area (Å²) in [6, 6.07) is 19.2. The van der Waals surface area contributed by atoms with Gasteiger partial charge in [-0.2, -0.15) is 0 Å². The summed E-state index contributed by atoms with van der Waals surface area (Å²) in [5.41, 5.74) is 1.45. The van der Waals surface area contributed by atoms with E-state index in [2.05, 4.69) is 10.6 Å². The summed E-state index contributed by atoms with van der Waals surface area (Å²) in [7, 11) is 0. The number of benzene rings is 2. The summed E-state index contributed by atoms with van der Waals surface area (Å²) < 4.78 is 5.39. The molecule has 0 aliphatic heterocycles. The van der Waals surface area contributed by atoms with Crippen molar-refractivity contribution in [1.82, 2.24) is 10.6 Å². The first-order valence-corrected chi connectivity index (χ1v) is 9.07. The number of ether oxygens (including phenoxy) is 1. The van der Waals surface area contributed by atoms with Crippen LogP contribution in [-0.2, 0) is 4.74 Å². The number of nitrogens with one attached hydrogen (secondary N) is 2. The van der Waals surface area contributed by atoms with E-state index in [0.29, 0.717) is 4.99 Å². The Bertz CT molecular complexity index is 727. The third-order valence-corrected chi connectivity index (χ3v) is 4.07. The van der Waals surface area contributed by atoms with E-state index in [4.69, 9.17) is 17.0 Å². The van der Waals surface area contributed by atoms with Crippen LogP contribution in [0.4, 0.5) is 4.79 Å². The van der Waals surface area contributed by atoms with Gasteiger partial charge in [-0.3, -0.25) is 0 Å². The molecule has 0 bridgehead atoms. The molecule has 2 N–H and O–H groups in total. The standard InChI is InChI=1S/C21H26N2O2S/c1-15(16-11-7-5-8-12-16)22-19(26)18(17-13-9-6-10-14-17)23-20(24)25-21(2,3)4/h5-15,18H,1-4H3,(H,22,26)(H,23,24)/t15-,18-/m0/s1. The van der Waals surface area contributed by atoms with Crippen molar-refractivity contribution >= 4 is 23.3 Å². The van der Waals surface area contributed by atoms with Crippen molar-refractivity contribution in [3.8, 4) is 0 Å². The average Bonchev–Trinajstić information content (AvgIpc) is 2.59. The van der Waals surface area contributed by atoms with Gasteiger partial charge >= 0.3 is 6.09 Å². The molecular formula is C21H26N2O2S. The minimum Gasteiger partial charge on any atom is -0.444 e. The second-order valence-electron chi connectivity index (χ2n) is 7.13. The maximum absolute atomic E-state index is 12.3. The van der Waals surface area contributed by atoms with Crippen LogP contribution in [-0.4, -0.2) is 16.7 Å². The van der Waals surface area contributed by atoms with Crippen molar-refractivity contribution in [2.75, 3.05) is 0 Å². The molecule has 2 atom stereocenters. The summed E-state index contributed by atoms with van der Waals surface area (Å²) in [5, 5.41) is 6.21. The highest BCUT2D eigenvalue weighted by Crippen LogP contribution is 2.19. The fraction of sp³-hybridized carbons (Fsp3) is 0.333. The molecule has 0 fully saturated rings. The maximum Gasteiger partial charge on any atom is 0.408 e. The summed E-state index contributed by atoms with van der Waals surface area (Å²) in [6.07, 6.45) is -0.497. The van der Waals surface area contributed by atoms with E-state index in [-0.39, 0.29) is 6.04 Å². The van der Waals surface area contributed by atoms with Crippen molar-refractivity contribution in [2.24, 2.45) is 0 Å². The number of hydrogen-bond donors (Lipinski definition) is 2. The van der Waals surface area contributed by atoms with Crippen molar-refractivity contribution in [3.05, 3.63) is 71.8 Å². The van der Waals surface area contributed by atoms with Crippen molar-refractivity contribution in [2.45, 2.75) is 45.4 Å². The zero-order chi connectivity index (χ0) is 19.2. The Labute approximate surface area is 161 Å². The van der Waals surface area contributed by atoms with Gasteiger partial charge in [0, 0.05) is 6.04 Å². The molecule has 1 amide bonds. The Kier molecular flexibility index (Phi) is 6.75. The summed E-state index contributed by atoms with van der Waals surface area (Å²) >= 11 is 5.61. The Balaban J connectivity index is 2.15. The monoisotopic (exact) mass is 370 g/mol. The zero-order valence-corrected chi connectivity index (χ0v) is 16.5. The predicted molar refractivity (Wildman–Crippen MR) is 109 cm³/mol. The quantitative estimate of drug-likeness (QED) is 0.733. The Hall–Kier alpha value is -2.40. The molecular weight excluding hydrogens is 344 g/mol. The van der Waals surface area contributed by atoms with E-state index in [0.717, 1.165) is 11.1 Å². The highest BCUT2D eigenvalue weighted by molar-refractivity contribution is 7.80. The topological polar surface area (TPSA) is 50.4 Å². The van der Waals surface area contributed by atoms with E-state index >= 15 is 0 Å². The van der Waals surface area contributed by atoms with Crippen LogP contribution in [0.2, 0.25) is 0 Å². The van der Waals surface area contributed by atoms with Gasteiger partial charge in [0.1, 0.15) is 16.6 Å². The van der Waals surface area contributed by atoms with E-state index in [9.17, 15) is 4.79 Å². The second-order valence-corrected chi connectivity index (χ2v) is 7.57. The van der Waals surface area contributed by atoms with Crippen molar-refractivity contribution in [1.29, 1.82) is 0 Å². The molecule has 2 rings (SSSR count). The number of rotatable bonds is 5. The molecule has 0 radical (unpaired) electrons. The largest absolute Gasteiger partial charge is 0.444 e. The van der Waals surface area contributed by atoms with Crippen molar-refractivity contribution in [3.63, 3.8) is 0 Å². The molecule has 0 unspecified atom stereocenters.